The zero-order chi connectivity index (χ0) is 19.2. The van der Waals surface area contributed by atoms with Crippen molar-refractivity contribution in [2.24, 2.45) is 0 Å². The molecule has 3 nitrogen and oxygen atoms in total. The van der Waals surface area contributed by atoms with E-state index in [9.17, 15) is 9.18 Å². The van der Waals surface area contributed by atoms with Crippen molar-refractivity contribution in [3.63, 3.8) is 0 Å². The van der Waals surface area contributed by atoms with Gasteiger partial charge in [0.2, 0.25) is 0 Å². The maximum Gasteiger partial charge on any atom is 0.300 e. The van der Waals surface area contributed by atoms with Gasteiger partial charge in [0.05, 0.1) is 6.61 Å². The molecule has 0 aliphatic heterocycles. The second kappa shape index (κ2) is 8.50. The largest absolute Gasteiger partial charge is 0.392 e. The van der Waals surface area contributed by atoms with Crippen molar-refractivity contribution in [1.29, 1.82) is 0 Å². The highest BCUT2D eigenvalue weighted by Crippen LogP contribution is 2.26. The van der Waals surface area contributed by atoms with E-state index in [2.05, 4.69) is 17.2 Å². The molecule has 0 saturated heterocycles. The van der Waals surface area contributed by atoms with Gasteiger partial charge < -0.3 is 10.4 Å². The molecular weight excluding hydrogens is 365 g/mol. The van der Waals surface area contributed by atoms with Gasteiger partial charge in [0.15, 0.2) is 0 Å². The number of rotatable bonds is 3. The normalized spacial score (nSPS) is 10.0. The summed E-state index contributed by atoms with van der Waals surface area (Å²) in [7, 11) is 0. The highest BCUT2D eigenvalue weighted by atomic mass is 35.5. The third-order valence-corrected chi connectivity index (χ3v) is 4.08. The number of halogens is 2. The molecule has 0 heterocycles. The molecule has 3 rings (SSSR count). The van der Waals surface area contributed by atoms with E-state index in [1.165, 1.54) is 6.07 Å². The van der Waals surface area contributed by atoms with Gasteiger partial charge in [-0.3, -0.25) is 4.79 Å². The summed E-state index contributed by atoms with van der Waals surface area (Å²) in [5, 5.41) is 12.0. The average molecular weight is 380 g/mol. The lowest BCUT2D eigenvalue weighted by Gasteiger charge is -2.06. The van der Waals surface area contributed by atoms with E-state index in [1.807, 2.05) is 0 Å². The van der Waals surface area contributed by atoms with Crippen molar-refractivity contribution in [1.82, 2.24) is 0 Å². The number of aliphatic hydroxyl groups is 1. The van der Waals surface area contributed by atoms with Gasteiger partial charge >= 0.3 is 5.91 Å². The molecule has 0 unspecified atom stereocenters. The Morgan fingerprint density at radius 3 is 2.37 bits per heavy atom. The summed E-state index contributed by atoms with van der Waals surface area (Å²) in [6.07, 6.45) is 0. The van der Waals surface area contributed by atoms with E-state index in [0.717, 1.165) is 5.56 Å². The van der Waals surface area contributed by atoms with Crippen LogP contribution in [-0.2, 0) is 11.4 Å². The van der Waals surface area contributed by atoms with Crippen LogP contribution < -0.4 is 5.32 Å². The first-order valence-electron chi connectivity index (χ1n) is 8.13. The molecule has 0 aliphatic rings. The summed E-state index contributed by atoms with van der Waals surface area (Å²) in [6.45, 7) is -0.0376. The second-order valence-corrected chi connectivity index (χ2v) is 6.20. The predicted octanol–water partition coefficient (Wildman–Crippen LogP) is 4.63. The van der Waals surface area contributed by atoms with E-state index >= 15 is 0 Å². The van der Waals surface area contributed by atoms with Crippen molar-refractivity contribution in [3.8, 4) is 23.0 Å². The molecule has 134 valence electrons. The van der Waals surface area contributed by atoms with Gasteiger partial charge in [-0.15, -0.1) is 0 Å². The first-order chi connectivity index (χ1) is 13.0. The van der Waals surface area contributed by atoms with Gasteiger partial charge in [-0.25, -0.2) is 4.39 Å². The Labute approximate surface area is 161 Å². The molecule has 1 amide bonds. The Bertz CT molecular complexity index is 1020. The number of benzene rings is 3. The van der Waals surface area contributed by atoms with E-state index in [0.29, 0.717) is 27.4 Å². The SMILES string of the molecule is O=C(C#Cc1ccc(CO)cc1)Nc1ccc(-c2ccc(Cl)cc2F)cc1. The topological polar surface area (TPSA) is 49.3 Å². The van der Waals surface area contributed by atoms with Gasteiger partial charge in [-0.1, -0.05) is 41.8 Å². The van der Waals surface area contributed by atoms with Gasteiger partial charge in [-0.05, 0) is 53.6 Å². The molecular formula is C22H15ClFNO2. The molecule has 0 radical (unpaired) electrons. The molecule has 0 spiro atoms. The van der Waals surface area contributed by atoms with Crippen LogP contribution in [0.3, 0.4) is 0 Å². The Morgan fingerprint density at radius 1 is 1.04 bits per heavy atom. The number of nitrogens with one attached hydrogen (secondary N) is 1. The van der Waals surface area contributed by atoms with Crippen molar-refractivity contribution in [3.05, 3.63) is 88.7 Å². The van der Waals surface area contributed by atoms with Crippen molar-refractivity contribution >= 4 is 23.2 Å². The maximum absolute atomic E-state index is 14.0. The highest BCUT2D eigenvalue weighted by Gasteiger charge is 2.06. The first kappa shape index (κ1) is 18.7. The molecule has 0 aromatic heterocycles. The summed E-state index contributed by atoms with van der Waals surface area (Å²) in [5.74, 6) is 4.41. The highest BCUT2D eigenvalue weighted by molar-refractivity contribution is 6.30. The van der Waals surface area contributed by atoms with Crippen molar-refractivity contribution in [2.45, 2.75) is 6.61 Å². The Balaban J connectivity index is 1.67. The van der Waals surface area contributed by atoms with Gasteiger partial charge in [0, 0.05) is 27.8 Å². The fourth-order valence-corrected chi connectivity index (χ4v) is 2.60. The van der Waals surface area contributed by atoms with Crippen LogP contribution in [-0.4, -0.2) is 11.0 Å². The van der Waals surface area contributed by atoms with Crippen LogP contribution in [0, 0.1) is 17.7 Å². The number of aliphatic hydroxyl groups excluding tert-OH is 1. The molecule has 0 saturated carbocycles. The summed E-state index contributed by atoms with van der Waals surface area (Å²) in [4.78, 5) is 12.0. The average Bonchev–Trinajstić information content (AvgIpc) is 2.68. The quantitative estimate of drug-likeness (QED) is 0.652. The Kier molecular flexibility index (Phi) is 5.87. The minimum absolute atomic E-state index is 0.0376. The minimum atomic E-state index is -0.452. The predicted molar refractivity (Wildman–Crippen MR) is 105 cm³/mol. The van der Waals surface area contributed by atoms with E-state index in [1.54, 1.807) is 60.7 Å². The van der Waals surface area contributed by atoms with E-state index < -0.39 is 11.7 Å². The summed E-state index contributed by atoms with van der Waals surface area (Å²) < 4.78 is 14.0. The zero-order valence-corrected chi connectivity index (χ0v) is 14.9. The van der Waals surface area contributed by atoms with Crippen LogP contribution in [0.2, 0.25) is 5.02 Å². The Morgan fingerprint density at radius 2 is 1.74 bits per heavy atom. The molecule has 0 atom stereocenters. The second-order valence-electron chi connectivity index (χ2n) is 5.76. The number of carbonyl (C=O) groups excluding carboxylic acids is 1. The van der Waals surface area contributed by atoms with E-state index in [4.69, 9.17) is 16.7 Å². The van der Waals surface area contributed by atoms with Crippen LogP contribution >= 0.6 is 11.6 Å². The summed E-state index contributed by atoms with van der Waals surface area (Å²) in [6, 6.07) is 18.2. The first-order valence-corrected chi connectivity index (χ1v) is 8.51. The molecule has 27 heavy (non-hydrogen) atoms. The summed E-state index contributed by atoms with van der Waals surface area (Å²) >= 11 is 5.76. The fourth-order valence-electron chi connectivity index (χ4n) is 2.44. The van der Waals surface area contributed by atoms with Gasteiger partial charge in [0.1, 0.15) is 5.82 Å². The Hall–Kier alpha value is -3.13. The minimum Gasteiger partial charge on any atom is -0.392 e. The van der Waals surface area contributed by atoms with Crippen LogP contribution in [0.25, 0.3) is 11.1 Å². The summed E-state index contributed by atoms with van der Waals surface area (Å²) in [5.41, 5.74) is 3.13. The van der Waals surface area contributed by atoms with Gasteiger partial charge in [0.25, 0.3) is 0 Å². The lowest BCUT2D eigenvalue weighted by molar-refractivity contribution is -0.111. The molecule has 2 N–H and O–H groups in total. The zero-order valence-electron chi connectivity index (χ0n) is 14.2. The van der Waals surface area contributed by atoms with Crippen LogP contribution in [0.5, 0.6) is 0 Å². The molecule has 0 aliphatic carbocycles. The molecule has 5 heteroatoms. The maximum atomic E-state index is 14.0. The van der Waals surface area contributed by atoms with Gasteiger partial charge in [-0.2, -0.15) is 0 Å². The number of hydrogen-bond acceptors (Lipinski definition) is 2. The molecule has 0 fully saturated rings. The number of carbonyl (C=O) groups is 1. The molecule has 3 aromatic rings. The monoisotopic (exact) mass is 379 g/mol. The lowest BCUT2D eigenvalue weighted by atomic mass is 10.0. The van der Waals surface area contributed by atoms with Crippen molar-refractivity contribution in [2.75, 3.05) is 5.32 Å². The molecule has 0 bridgehead atoms. The van der Waals surface area contributed by atoms with Crippen molar-refractivity contribution < 1.29 is 14.3 Å². The van der Waals surface area contributed by atoms with Crippen LogP contribution in [0.1, 0.15) is 11.1 Å². The standard InChI is InChI=1S/C22H15ClFNO2/c23-18-8-11-20(21(24)13-18)17-6-9-19(10-7-17)25-22(27)12-5-15-1-3-16(14-26)4-2-15/h1-4,6-11,13,26H,14H2,(H,25,27). The molecule has 3 aromatic carbocycles. The third-order valence-electron chi connectivity index (χ3n) is 3.84. The number of amides is 1. The fraction of sp³-hybridized carbons (Fsp3) is 0.0455. The smallest absolute Gasteiger partial charge is 0.300 e. The number of hydrogen-bond donors (Lipinski definition) is 2. The third kappa shape index (κ3) is 4.95. The van der Waals surface area contributed by atoms with E-state index in [-0.39, 0.29) is 6.61 Å². The van der Waals surface area contributed by atoms with Crippen LogP contribution in [0.4, 0.5) is 10.1 Å². The lowest BCUT2D eigenvalue weighted by Crippen LogP contribution is -2.08. The number of anilines is 1. The van der Waals surface area contributed by atoms with Crippen LogP contribution in [0.15, 0.2) is 66.7 Å².